The van der Waals surface area contributed by atoms with Crippen molar-refractivity contribution in [1.29, 1.82) is 0 Å². The third-order valence-electron chi connectivity index (χ3n) is 4.44. The van der Waals surface area contributed by atoms with Gasteiger partial charge in [-0.3, -0.25) is 0 Å². The van der Waals surface area contributed by atoms with Gasteiger partial charge in [0.2, 0.25) is 0 Å². The van der Waals surface area contributed by atoms with Gasteiger partial charge in [0.25, 0.3) is 0 Å². The van der Waals surface area contributed by atoms with Crippen LogP contribution in [0.5, 0.6) is 0 Å². The molecule has 1 aromatic carbocycles. The third kappa shape index (κ3) is 1.95. The Morgan fingerprint density at radius 1 is 1.10 bits per heavy atom. The molecule has 0 atom stereocenters. The van der Waals surface area contributed by atoms with Gasteiger partial charge in [-0.15, -0.1) is 11.3 Å². The van der Waals surface area contributed by atoms with Gasteiger partial charge in [-0.1, -0.05) is 30.3 Å². The Hall–Kier alpha value is -1.87. The molecular formula is C18H18N2S. The molecule has 1 aliphatic carbocycles. The summed E-state index contributed by atoms with van der Waals surface area (Å²) < 4.78 is 0. The van der Waals surface area contributed by atoms with Gasteiger partial charge in [0.15, 0.2) is 0 Å². The smallest absolute Gasteiger partial charge is 0.126 e. The Kier molecular flexibility index (Phi) is 2.96. The van der Waals surface area contributed by atoms with Gasteiger partial charge in [-0.05, 0) is 43.7 Å². The largest absolute Gasteiger partial charge is 0.398 e. The van der Waals surface area contributed by atoms with Crippen LogP contribution in [0, 0.1) is 6.92 Å². The molecule has 21 heavy (non-hydrogen) atoms. The van der Waals surface area contributed by atoms with E-state index in [9.17, 15) is 0 Å². The number of aromatic nitrogens is 1. The minimum absolute atomic E-state index is 0.929. The summed E-state index contributed by atoms with van der Waals surface area (Å²) in [5.41, 5.74) is 12.2. The molecule has 0 spiro atoms. The number of hydrogen-bond donors (Lipinski definition) is 1. The van der Waals surface area contributed by atoms with Gasteiger partial charge in [0, 0.05) is 21.5 Å². The van der Waals surface area contributed by atoms with Crippen molar-refractivity contribution in [3.8, 4) is 11.3 Å². The molecule has 0 bridgehead atoms. The van der Waals surface area contributed by atoms with E-state index in [1.165, 1.54) is 35.1 Å². The second-order valence-corrected chi connectivity index (χ2v) is 6.84. The van der Waals surface area contributed by atoms with E-state index in [4.69, 9.17) is 10.7 Å². The van der Waals surface area contributed by atoms with E-state index in [1.54, 1.807) is 0 Å². The summed E-state index contributed by atoms with van der Waals surface area (Å²) in [6.45, 7) is 2.09. The monoisotopic (exact) mass is 294 g/mol. The standard InChI is InChI=1S/C18H18N2S/c1-11-16(19)15-13-9-5-6-10-14(13)21-18(15)20-17(11)12-7-3-2-4-8-12/h2-4,7-8H,5-6,9-10H2,1H3,(H2,19,20). The molecule has 3 heteroatoms. The molecule has 2 heterocycles. The summed E-state index contributed by atoms with van der Waals surface area (Å²) in [4.78, 5) is 7.56. The van der Waals surface area contributed by atoms with Crippen LogP contribution < -0.4 is 5.73 Å². The molecule has 0 unspecified atom stereocenters. The van der Waals surface area contributed by atoms with Crippen LogP contribution in [0.3, 0.4) is 0 Å². The van der Waals surface area contributed by atoms with Crippen molar-refractivity contribution >= 4 is 27.2 Å². The van der Waals surface area contributed by atoms with Gasteiger partial charge in [-0.2, -0.15) is 0 Å². The van der Waals surface area contributed by atoms with Crippen molar-refractivity contribution in [2.45, 2.75) is 32.6 Å². The summed E-state index contributed by atoms with van der Waals surface area (Å²) in [7, 11) is 0. The van der Waals surface area contributed by atoms with Gasteiger partial charge in [-0.25, -0.2) is 4.98 Å². The minimum atomic E-state index is 0.929. The Morgan fingerprint density at radius 3 is 2.67 bits per heavy atom. The zero-order valence-corrected chi connectivity index (χ0v) is 13.0. The normalized spacial score (nSPS) is 14.3. The van der Waals surface area contributed by atoms with E-state index in [-0.39, 0.29) is 0 Å². The van der Waals surface area contributed by atoms with Crippen LogP contribution in [0.1, 0.15) is 28.8 Å². The SMILES string of the molecule is Cc1c(-c2ccccc2)nc2sc3c(c2c1N)CCCC3. The molecule has 0 aliphatic heterocycles. The fraction of sp³-hybridized carbons (Fsp3) is 0.278. The number of aryl methyl sites for hydroxylation is 2. The highest BCUT2D eigenvalue weighted by Gasteiger charge is 2.21. The quantitative estimate of drug-likeness (QED) is 0.704. The van der Waals surface area contributed by atoms with Crippen molar-refractivity contribution in [3.05, 3.63) is 46.3 Å². The zero-order valence-electron chi connectivity index (χ0n) is 12.1. The highest BCUT2D eigenvalue weighted by atomic mass is 32.1. The maximum atomic E-state index is 6.49. The van der Waals surface area contributed by atoms with Crippen molar-refractivity contribution in [2.24, 2.45) is 0 Å². The highest BCUT2D eigenvalue weighted by Crippen LogP contribution is 2.41. The molecule has 4 rings (SSSR count). The average Bonchev–Trinajstić information content (AvgIpc) is 2.90. The van der Waals surface area contributed by atoms with Gasteiger partial charge in [0.05, 0.1) is 5.69 Å². The number of nitrogens with two attached hydrogens (primary N) is 1. The van der Waals surface area contributed by atoms with E-state index in [1.807, 2.05) is 17.4 Å². The van der Waals surface area contributed by atoms with Crippen LogP contribution in [0.25, 0.3) is 21.5 Å². The lowest BCUT2D eigenvalue weighted by molar-refractivity contribution is 0.700. The van der Waals surface area contributed by atoms with Crippen LogP contribution in [0.15, 0.2) is 30.3 Å². The van der Waals surface area contributed by atoms with Gasteiger partial charge < -0.3 is 5.73 Å². The maximum Gasteiger partial charge on any atom is 0.126 e. The van der Waals surface area contributed by atoms with Gasteiger partial charge in [0.1, 0.15) is 4.83 Å². The number of nitrogens with zero attached hydrogens (tertiary/aromatic N) is 1. The summed E-state index contributed by atoms with van der Waals surface area (Å²) in [5.74, 6) is 0. The first kappa shape index (κ1) is 12.8. The van der Waals surface area contributed by atoms with Crippen LogP contribution in [0.4, 0.5) is 5.69 Å². The molecule has 0 amide bonds. The van der Waals surface area contributed by atoms with Crippen LogP contribution in [0.2, 0.25) is 0 Å². The molecule has 0 saturated carbocycles. The number of benzene rings is 1. The molecule has 2 N–H and O–H groups in total. The fourth-order valence-corrected chi connectivity index (χ4v) is 4.56. The number of hydrogen-bond acceptors (Lipinski definition) is 3. The second-order valence-electron chi connectivity index (χ2n) is 5.76. The lowest BCUT2D eigenvalue weighted by Gasteiger charge is -2.13. The Balaban J connectivity index is 2.01. The molecule has 106 valence electrons. The Morgan fingerprint density at radius 2 is 1.86 bits per heavy atom. The molecule has 0 fully saturated rings. The number of thiophene rings is 1. The number of rotatable bonds is 1. The molecule has 0 saturated heterocycles. The Bertz CT molecular complexity index is 818. The second kappa shape index (κ2) is 4.85. The molecule has 3 aromatic rings. The molecule has 2 nitrogen and oxygen atoms in total. The fourth-order valence-electron chi connectivity index (χ4n) is 3.29. The third-order valence-corrected chi connectivity index (χ3v) is 5.63. The topological polar surface area (TPSA) is 38.9 Å². The molecule has 1 aliphatic rings. The average molecular weight is 294 g/mol. The van der Waals surface area contributed by atoms with E-state index in [2.05, 4.69) is 31.2 Å². The van der Waals surface area contributed by atoms with E-state index in [0.29, 0.717) is 0 Å². The van der Waals surface area contributed by atoms with E-state index in [0.717, 1.165) is 33.8 Å². The summed E-state index contributed by atoms with van der Waals surface area (Å²) in [6.07, 6.45) is 4.92. The lowest BCUT2D eigenvalue weighted by atomic mass is 9.94. The van der Waals surface area contributed by atoms with Crippen molar-refractivity contribution < 1.29 is 0 Å². The van der Waals surface area contributed by atoms with Crippen LogP contribution >= 0.6 is 11.3 Å². The van der Waals surface area contributed by atoms with Crippen molar-refractivity contribution in [3.63, 3.8) is 0 Å². The number of anilines is 1. The Labute approximate surface area is 128 Å². The first-order valence-electron chi connectivity index (χ1n) is 7.51. The van der Waals surface area contributed by atoms with Crippen LogP contribution in [-0.2, 0) is 12.8 Å². The van der Waals surface area contributed by atoms with E-state index >= 15 is 0 Å². The molecule has 2 aromatic heterocycles. The van der Waals surface area contributed by atoms with E-state index < -0.39 is 0 Å². The van der Waals surface area contributed by atoms with Crippen molar-refractivity contribution in [2.75, 3.05) is 5.73 Å². The zero-order chi connectivity index (χ0) is 14.4. The number of fused-ring (bicyclic) bond motifs is 3. The highest BCUT2D eigenvalue weighted by molar-refractivity contribution is 7.19. The molecule has 0 radical (unpaired) electrons. The summed E-state index contributed by atoms with van der Waals surface area (Å²) in [5, 5.41) is 1.23. The predicted molar refractivity (Wildman–Crippen MR) is 90.8 cm³/mol. The van der Waals surface area contributed by atoms with Crippen molar-refractivity contribution in [1.82, 2.24) is 4.98 Å². The first-order chi connectivity index (χ1) is 10.3. The summed E-state index contributed by atoms with van der Waals surface area (Å²) in [6, 6.07) is 10.3. The minimum Gasteiger partial charge on any atom is -0.398 e. The number of pyridine rings is 1. The molecular weight excluding hydrogens is 276 g/mol. The first-order valence-corrected chi connectivity index (χ1v) is 8.33. The van der Waals surface area contributed by atoms with Gasteiger partial charge >= 0.3 is 0 Å². The van der Waals surface area contributed by atoms with Crippen LogP contribution in [-0.4, -0.2) is 4.98 Å². The maximum absolute atomic E-state index is 6.49. The lowest BCUT2D eigenvalue weighted by Crippen LogP contribution is -2.01. The number of nitrogen functional groups attached to an aromatic ring is 1. The summed E-state index contributed by atoms with van der Waals surface area (Å²) >= 11 is 1.84. The predicted octanol–water partition coefficient (Wildman–Crippen LogP) is 4.73.